The Bertz CT molecular complexity index is 739. The van der Waals surface area contributed by atoms with Crippen molar-refractivity contribution >= 4 is 5.69 Å². The van der Waals surface area contributed by atoms with Gasteiger partial charge in [-0.2, -0.15) is 10.2 Å². The molecule has 3 rings (SSSR count). The molecule has 0 aliphatic heterocycles. The lowest BCUT2D eigenvalue weighted by Gasteiger charge is -2.02. The van der Waals surface area contributed by atoms with Gasteiger partial charge in [-0.3, -0.25) is 0 Å². The van der Waals surface area contributed by atoms with E-state index in [4.69, 9.17) is 5.73 Å². The maximum absolute atomic E-state index is 6.23. The van der Waals surface area contributed by atoms with E-state index in [1.807, 2.05) is 37.6 Å². The highest BCUT2D eigenvalue weighted by Gasteiger charge is 2.15. The maximum atomic E-state index is 6.23. The van der Waals surface area contributed by atoms with Crippen LogP contribution >= 0.6 is 0 Å². The molecule has 0 spiro atoms. The molecule has 2 aromatic heterocycles. The van der Waals surface area contributed by atoms with Gasteiger partial charge < -0.3 is 5.73 Å². The van der Waals surface area contributed by atoms with Crippen LogP contribution in [0.4, 0.5) is 5.69 Å². The molecule has 2 heterocycles. The van der Waals surface area contributed by atoms with Crippen LogP contribution in [-0.4, -0.2) is 19.6 Å². The molecule has 3 aromatic rings. The first-order chi connectivity index (χ1) is 10.2. The molecular weight excluding hydrogens is 262 g/mol. The average Bonchev–Trinajstić information content (AvgIpc) is 3.06. The molecule has 0 amide bonds. The van der Waals surface area contributed by atoms with Gasteiger partial charge in [0.1, 0.15) is 5.69 Å². The summed E-state index contributed by atoms with van der Waals surface area (Å²) in [6, 6.07) is 10.2. The fourth-order valence-electron chi connectivity index (χ4n) is 2.50. The largest absolute Gasteiger partial charge is 0.394 e. The lowest BCUT2D eigenvalue weighted by atomic mass is 10.1. The number of aryl methyl sites for hydroxylation is 2. The lowest BCUT2D eigenvalue weighted by Crippen LogP contribution is -2.05. The van der Waals surface area contributed by atoms with Crippen molar-refractivity contribution in [3.63, 3.8) is 0 Å². The first-order valence-corrected chi connectivity index (χ1v) is 7.12. The highest BCUT2D eigenvalue weighted by molar-refractivity contribution is 5.63. The number of hydrogen-bond donors (Lipinski definition) is 1. The lowest BCUT2D eigenvalue weighted by molar-refractivity contribution is 0.685. The number of anilines is 1. The molecule has 0 fully saturated rings. The Hall–Kier alpha value is -2.56. The van der Waals surface area contributed by atoms with Crippen molar-refractivity contribution < 1.29 is 0 Å². The van der Waals surface area contributed by atoms with Gasteiger partial charge in [0, 0.05) is 18.8 Å². The molecule has 0 bridgehead atoms. The summed E-state index contributed by atoms with van der Waals surface area (Å²) >= 11 is 0. The van der Waals surface area contributed by atoms with Crippen LogP contribution in [0.1, 0.15) is 19.0 Å². The Kier molecular flexibility index (Phi) is 3.48. The van der Waals surface area contributed by atoms with Crippen LogP contribution < -0.4 is 5.73 Å². The highest BCUT2D eigenvalue weighted by Crippen LogP contribution is 2.24. The van der Waals surface area contributed by atoms with Crippen molar-refractivity contribution in [1.29, 1.82) is 0 Å². The zero-order valence-corrected chi connectivity index (χ0v) is 12.3. The van der Waals surface area contributed by atoms with Gasteiger partial charge in [-0.25, -0.2) is 9.36 Å². The summed E-state index contributed by atoms with van der Waals surface area (Å²) in [6.07, 6.45) is 5.74. The van der Waals surface area contributed by atoms with Gasteiger partial charge in [-0.05, 0) is 12.0 Å². The monoisotopic (exact) mass is 281 g/mol. The standard InChI is InChI=1S/C16H19N5/c1-3-7-14-15(17)16(20(2)19-14)21-11-13(10-18-21)12-8-5-4-6-9-12/h4-6,8-11H,3,7,17H2,1-2H3. The van der Waals surface area contributed by atoms with Crippen LogP contribution in [0.5, 0.6) is 0 Å². The van der Waals surface area contributed by atoms with Gasteiger partial charge in [0.05, 0.1) is 11.9 Å². The summed E-state index contributed by atoms with van der Waals surface area (Å²) in [5.74, 6) is 0.820. The Labute approximate surface area is 124 Å². The van der Waals surface area contributed by atoms with Crippen LogP contribution in [0.15, 0.2) is 42.7 Å². The van der Waals surface area contributed by atoms with Crippen molar-refractivity contribution in [2.75, 3.05) is 5.73 Å². The third-order valence-corrected chi connectivity index (χ3v) is 3.52. The van der Waals surface area contributed by atoms with E-state index in [0.29, 0.717) is 5.69 Å². The molecule has 0 radical (unpaired) electrons. The number of benzene rings is 1. The summed E-state index contributed by atoms with van der Waals surface area (Å²) in [6.45, 7) is 2.12. The van der Waals surface area contributed by atoms with Gasteiger partial charge >= 0.3 is 0 Å². The molecule has 0 saturated carbocycles. The van der Waals surface area contributed by atoms with Crippen LogP contribution in [0.3, 0.4) is 0 Å². The van der Waals surface area contributed by atoms with Crippen molar-refractivity contribution in [2.45, 2.75) is 19.8 Å². The molecule has 2 N–H and O–H groups in total. The minimum atomic E-state index is 0.710. The minimum absolute atomic E-state index is 0.710. The molecule has 0 saturated heterocycles. The minimum Gasteiger partial charge on any atom is -0.394 e. The maximum Gasteiger partial charge on any atom is 0.175 e. The first kappa shape index (κ1) is 13.4. The Morgan fingerprint density at radius 1 is 1.14 bits per heavy atom. The highest BCUT2D eigenvalue weighted by atomic mass is 15.4. The van der Waals surface area contributed by atoms with Gasteiger partial charge in [-0.1, -0.05) is 43.7 Å². The fourth-order valence-corrected chi connectivity index (χ4v) is 2.50. The quantitative estimate of drug-likeness (QED) is 0.800. The van der Waals surface area contributed by atoms with Crippen LogP contribution in [0.2, 0.25) is 0 Å². The predicted octanol–water partition coefficient (Wildman–Crippen LogP) is 2.81. The second-order valence-corrected chi connectivity index (χ2v) is 5.10. The summed E-state index contributed by atoms with van der Waals surface area (Å²) in [5, 5.41) is 8.92. The molecule has 0 aliphatic carbocycles. The third kappa shape index (κ3) is 2.42. The molecule has 5 nitrogen and oxygen atoms in total. The first-order valence-electron chi connectivity index (χ1n) is 7.12. The number of hydrogen-bond acceptors (Lipinski definition) is 3. The second kappa shape index (κ2) is 5.44. The summed E-state index contributed by atoms with van der Waals surface area (Å²) < 4.78 is 3.59. The van der Waals surface area contributed by atoms with Gasteiger partial charge in [0.15, 0.2) is 5.82 Å². The van der Waals surface area contributed by atoms with E-state index < -0.39 is 0 Å². The molecule has 0 unspecified atom stereocenters. The van der Waals surface area contributed by atoms with Gasteiger partial charge in [-0.15, -0.1) is 0 Å². The van der Waals surface area contributed by atoms with E-state index in [-0.39, 0.29) is 0 Å². The summed E-state index contributed by atoms with van der Waals surface area (Å²) in [4.78, 5) is 0. The SMILES string of the molecule is CCCc1nn(C)c(-n2cc(-c3ccccc3)cn2)c1N. The Morgan fingerprint density at radius 3 is 2.62 bits per heavy atom. The summed E-state index contributed by atoms with van der Waals surface area (Å²) in [7, 11) is 1.90. The van der Waals surface area contributed by atoms with Crippen molar-refractivity contribution in [3.05, 3.63) is 48.4 Å². The van der Waals surface area contributed by atoms with E-state index >= 15 is 0 Å². The fraction of sp³-hybridized carbons (Fsp3) is 0.250. The number of rotatable bonds is 4. The van der Waals surface area contributed by atoms with Crippen LogP contribution in [-0.2, 0) is 13.5 Å². The van der Waals surface area contributed by atoms with Gasteiger partial charge in [0.25, 0.3) is 0 Å². The van der Waals surface area contributed by atoms with E-state index in [2.05, 4.69) is 29.3 Å². The molecular formula is C16H19N5. The summed E-state index contributed by atoms with van der Waals surface area (Å²) in [5.41, 5.74) is 10.1. The topological polar surface area (TPSA) is 61.7 Å². The zero-order valence-electron chi connectivity index (χ0n) is 12.3. The zero-order chi connectivity index (χ0) is 14.8. The number of nitrogens with two attached hydrogens (primary N) is 1. The normalized spacial score (nSPS) is 11.0. The number of aromatic nitrogens is 4. The molecule has 5 heteroatoms. The number of nitrogens with zero attached hydrogens (tertiary/aromatic N) is 4. The van der Waals surface area contributed by atoms with Crippen LogP contribution in [0, 0.1) is 0 Å². The second-order valence-electron chi connectivity index (χ2n) is 5.10. The van der Waals surface area contributed by atoms with Gasteiger partial charge in [0.2, 0.25) is 0 Å². The Morgan fingerprint density at radius 2 is 1.90 bits per heavy atom. The van der Waals surface area contributed by atoms with E-state index in [1.54, 1.807) is 9.36 Å². The molecule has 21 heavy (non-hydrogen) atoms. The number of nitrogen functional groups attached to an aromatic ring is 1. The molecule has 108 valence electrons. The van der Waals surface area contributed by atoms with Crippen molar-refractivity contribution in [2.24, 2.45) is 7.05 Å². The van der Waals surface area contributed by atoms with E-state index in [9.17, 15) is 0 Å². The van der Waals surface area contributed by atoms with Crippen molar-refractivity contribution in [1.82, 2.24) is 19.6 Å². The predicted molar refractivity (Wildman–Crippen MR) is 84.2 cm³/mol. The average molecular weight is 281 g/mol. The molecule has 1 aromatic carbocycles. The molecule has 0 atom stereocenters. The van der Waals surface area contributed by atoms with E-state index in [0.717, 1.165) is 35.5 Å². The smallest absolute Gasteiger partial charge is 0.175 e. The van der Waals surface area contributed by atoms with Crippen LogP contribution in [0.25, 0.3) is 16.9 Å². The van der Waals surface area contributed by atoms with E-state index in [1.165, 1.54) is 0 Å². The third-order valence-electron chi connectivity index (χ3n) is 3.52. The van der Waals surface area contributed by atoms with Crippen molar-refractivity contribution in [3.8, 4) is 16.9 Å². The molecule has 0 aliphatic rings. The Balaban J connectivity index is 2.01.